The van der Waals surface area contributed by atoms with Gasteiger partial charge in [-0.25, -0.2) is 4.79 Å². The fourth-order valence-corrected chi connectivity index (χ4v) is 1.35. The second-order valence-corrected chi connectivity index (χ2v) is 2.71. The molecule has 0 unspecified atom stereocenters. The van der Waals surface area contributed by atoms with Crippen LogP contribution in [0.1, 0.15) is 10.4 Å². The molecule has 0 bridgehead atoms. The van der Waals surface area contributed by atoms with Crippen LogP contribution >= 0.6 is 0 Å². The molecule has 0 aromatic carbocycles. The molecule has 3 nitrogen and oxygen atoms in total. The Labute approximate surface area is 75.6 Å². The van der Waals surface area contributed by atoms with Gasteiger partial charge in [0.1, 0.15) is 0 Å². The highest BCUT2D eigenvalue weighted by Crippen LogP contribution is 2.12. The number of hydrogen-bond acceptors (Lipinski definition) is 2. The summed E-state index contributed by atoms with van der Waals surface area (Å²) < 4.78 is 6.54. The quantitative estimate of drug-likeness (QED) is 0.618. The molecule has 0 amide bonds. The van der Waals surface area contributed by atoms with E-state index in [1.165, 1.54) is 7.11 Å². The summed E-state index contributed by atoms with van der Waals surface area (Å²) in [7, 11) is 1.38. The van der Waals surface area contributed by atoms with Crippen LogP contribution < -0.4 is 0 Å². The topological polar surface area (TPSA) is 30.7 Å². The maximum Gasteiger partial charge on any atom is 0.339 e. The summed E-state index contributed by atoms with van der Waals surface area (Å²) >= 11 is 0. The molecule has 13 heavy (non-hydrogen) atoms. The van der Waals surface area contributed by atoms with Gasteiger partial charge in [0.05, 0.1) is 18.2 Å². The Bertz CT molecular complexity index is 445. The second-order valence-electron chi connectivity index (χ2n) is 2.71. The van der Waals surface area contributed by atoms with Crippen LogP contribution in [0.4, 0.5) is 0 Å². The van der Waals surface area contributed by atoms with Crippen LogP contribution in [0.5, 0.6) is 0 Å². The van der Waals surface area contributed by atoms with Crippen LogP contribution in [0.15, 0.2) is 36.7 Å². The van der Waals surface area contributed by atoms with Crippen molar-refractivity contribution in [3.63, 3.8) is 0 Å². The van der Waals surface area contributed by atoms with Crippen molar-refractivity contribution in [3.8, 4) is 0 Å². The van der Waals surface area contributed by atoms with E-state index in [1.807, 2.05) is 35.0 Å². The van der Waals surface area contributed by atoms with Crippen molar-refractivity contribution in [3.05, 3.63) is 42.2 Å². The maximum absolute atomic E-state index is 11.3. The van der Waals surface area contributed by atoms with Gasteiger partial charge in [0, 0.05) is 12.4 Å². The number of carbonyl (C=O) groups excluding carboxylic acids is 1. The fourth-order valence-electron chi connectivity index (χ4n) is 1.35. The number of nitrogens with zero attached hydrogens (tertiary/aromatic N) is 1. The van der Waals surface area contributed by atoms with Crippen molar-refractivity contribution in [2.75, 3.05) is 7.11 Å². The molecule has 0 aliphatic rings. The lowest BCUT2D eigenvalue weighted by atomic mass is 10.2. The van der Waals surface area contributed by atoms with Gasteiger partial charge in [0.25, 0.3) is 0 Å². The van der Waals surface area contributed by atoms with E-state index in [0.29, 0.717) is 5.56 Å². The summed E-state index contributed by atoms with van der Waals surface area (Å²) in [5, 5.41) is 0. The fraction of sp³-hybridized carbons (Fsp3) is 0.100. The first-order chi connectivity index (χ1) is 6.33. The van der Waals surface area contributed by atoms with Crippen molar-refractivity contribution in [2.24, 2.45) is 0 Å². The highest BCUT2D eigenvalue weighted by molar-refractivity contribution is 5.96. The number of carbonyl (C=O) groups is 1. The largest absolute Gasteiger partial charge is 0.465 e. The third kappa shape index (κ3) is 1.18. The van der Waals surface area contributed by atoms with Crippen molar-refractivity contribution >= 4 is 11.5 Å². The van der Waals surface area contributed by atoms with Crippen molar-refractivity contribution < 1.29 is 9.53 Å². The maximum atomic E-state index is 11.3. The molecule has 0 N–H and O–H groups in total. The first kappa shape index (κ1) is 7.86. The SMILES string of the molecule is COC(=O)c1cccn2cccc12. The predicted octanol–water partition coefficient (Wildman–Crippen LogP) is 1.73. The molecule has 2 aromatic rings. The normalized spacial score (nSPS) is 10.2. The van der Waals surface area contributed by atoms with E-state index in [-0.39, 0.29) is 5.97 Å². The predicted molar refractivity (Wildman–Crippen MR) is 48.7 cm³/mol. The second kappa shape index (κ2) is 2.94. The molecule has 0 aliphatic heterocycles. The molecule has 0 aliphatic carbocycles. The van der Waals surface area contributed by atoms with Gasteiger partial charge >= 0.3 is 5.97 Å². The minimum absolute atomic E-state index is 0.302. The molecule has 0 radical (unpaired) electrons. The molecule has 2 heterocycles. The summed E-state index contributed by atoms with van der Waals surface area (Å²) in [6.07, 6.45) is 3.78. The lowest BCUT2D eigenvalue weighted by Crippen LogP contribution is -2.02. The van der Waals surface area contributed by atoms with E-state index in [1.54, 1.807) is 6.07 Å². The Kier molecular flexibility index (Phi) is 1.77. The average Bonchev–Trinajstić information content (AvgIpc) is 2.63. The van der Waals surface area contributed by atoms with Crippen LogP contribution in [0, 0.1) is 0 Å². The Hall–Kier alpha value is -1.77. The van der Waals surface area contributed by atoms with Gasteiger partial charge in [-0.2, -0.15) is 0 Å². The van der Waals surface area contributed by atoms with Crippen LogP contribution in [-0.4, -0.2) is 17.5 Å². The zero-order valence-electron chi connectivity index (χ0n) is 7.23. The number of esters is 1. The Morgan fingerprint density at radius 3 is 2.69 bits per heavy atom. The van der Waals surface area contributed by atoms with Crippen molar-refractivity contribution in [2.45, 2.75) is 0 Å². The number of ether oxygens (including phenoxy) is 1. The van der Waals surface area contributed by atoms with Gasteiger partial charge in [0.15, 0.2) is 0 Å². The van der Waals surface area contributed by atoms with Gasteiger partial charge in [-0.1, -0.05) is 0 Å². The van der Waals surface area contributed by atoms with Crippen LogP contribution in [-0.2, 0) is 4.74 Å². The number of aromatic nitrogens is 1. The van der Waals surface area contributed by atoms with E-state index in [2.05, 4.69) is 4.74 Å². The molecular formula is C10H9NO2. The highest BCUT2D eigenvalue weighted by atomic mass is 16.5. The molecule has 2 aromatic heterocycles. The number of fused-ring (bicyclic) bond motifs is 1. The number of pyridine rings is 1. The number of rotatable bonds is 1. The molecule has 3 heteroatoms. The Morgan fingerprint density at radius 1 is 1.31 bits per heavy atom. The first-order valence-corrected chi connectivity index (χ1v) is 3.97. The lowest BCUT2D eigenvalue weighted by molar-refractivity contribution is 0.0602. The summed E-state index contributed by atoms with van der Waals surface area (Å²) in [5.74, 6) is -0.302. The summed E-state index contributed by atoms with van der Waals surface area (Å²) in [6, 6.07) is 7.34. The van der Waals surface area contributed by atoms with E-state index >= 15 is 0 Å². The molecule has 0 spiro atoms. The van der Waals surface area contributed by atoms with Gasteiger partial charge < -0.3 is 9.14 Å². The molecule has 66 valence electrons. The van der Waals surface area contributed by atoms with Gasteiger partial charge in [-0.05, 0) is 24.3 Å². The minimum Gasteiger partial charge on any atom is -0.465 e. The smallest absolute Gasteiger partial charge is 0.339 e. The molecule has 0 saturated heterocycles. The van der Waals surface area contributed by atoms with E-state index in [4.69, 9.17) is 0 Å². The minimum atomic E-state index is -0.302. The number of methoxy groups -OCH3 is 1. The first-order valence-electron chi connectivity index (χ1n) is 3.97. The van der Waals surface area contributed by atoms with Crippen LogP contribution in [0.25, 0.3) is 5.52 Å². The lowest BCUT2D eigenvalue weighted by Gasteiger charge is -2.01. The Morgan fingerprint density at radius 2 is 2.00 bits per heavy atom. The molecule has 0 atom stereocenters. The average molecular weight is 175 g/mol. The Balaban J connectivity index is 2.67. The standard InChI is InChI=1S/C10H9NO2/c1-13-10(12)8-4-2-6-11-7-3-5-9(8)11/h2-7H,1H3. The highest BCUT2D eigenvalue weighted by Gasteiger charge is 2.08. The van der Waals surface area contributed by atoms with E-state index in [9.17, 15) is 4.79 Å². The van der Waals surface area contributed by atoms with Crippen molar-refractivity contribution in [1.82, 2.24) is 4.40 Å². The monoisotopic (exact) mass is 175 g/mol. The molecule has 2 rings (SSSR count). The van der Waals surface area contributed by atoms with E-state index < -0.39 is 0 Å². The van der Waals surface area contributed by atoms with Crippen LogP contribution in [0.3, 0.4) is 0 Å². The van der Waals surface area contributed by atoms with Crippen LogP contribution in [0.2, 0.25) is 0 Å². The molecular weight excluding hydrogens is 166 g/mol. The summed E-state index contributed by atoms with van der Waals surface area (Å²) in [5.41, 5.74) is 1.46. The summed E-state index contributed by atoms with van der Waals surface area (Å²) in [4.78, 5) is 11.3. The third-order valence-electron chi connectivity index (χ3n) is 1.97. The van der Waals surface area contributed by atoms with Crippen molar-refractivity contribution in [1.29, 1.82) is 0 Å². The van der Waals surface area contributed by atoms with Gasteiger partial charge in [-0.15, -0.1) is 0 Å². The summed E-state index contributed by atoms with van der Waals surface area (Å²) in [6.45, 7) is 0. The zero-order chi connectivity index (χ0) is 9.26. The number of hydrogen-bond donors (Lipinski definition) is 0. The molecule has 0 fully saturated rings. The zero-order valence-corrected chi connectivity index (χ0v) is 7.23. The third-order valence-corrected chi connectivity index (χ3v) is 1.97. The van der Waals surface area contributed by atoms with Gasteiger partial charge in [-0.3, -0.25) is 0 Å². The van der Waals surface area contributed by atoms with Gasteiger partial charge in [0.2, 0.25) is 0 Å². The molecule has 0 saturated carbocycles. The van der Waals surface area contributed by atoms with E-state index in [0.717, 1.165) is 5.52 Å².